The monoisotopic (exact) mass is 259 g/mol. The van der Waals surface area contributed by atoms with Gasteiger partial charge in [-0.05, 0) is 31.4 Å². The molecule has 1 aromatic heterocycles. The van der Waals surface area contributed by atoms with Crippen molar-refractivity contribution in [3.63, 3.8) is 0 Å². The summed E-state index contributed by atoms with van der Waals surface area (Å²) < 4.78 is 0. The van der Waals surface area contributed by atoms with Crippen LogP contribution in [0.3, 0.4) is 0 Å². The first-order valence-electron chi connectivity index (χ1n) is 7.65. The van der Waals surface area contributed by atoms with Gasteiger partial charge in [-0.3, -0.25) is 9.88 Å². The maximum Gasteiger partial charge on any atom is 0.0372 e. The zero-order valence-electron chi connectivity index (χ0n) is 12.0. The summed E-state index contributed by atoms with van der Waals surface area (Å²) in [6.45, 7) is 6.61. The summed E-state index contributed by atoms with van der Waals surface area (Å²) >= 11 is 0. The van der Waals surface area contributed by atoms with Crippen molar-refractivity contribution in [3.8, 4) is 0 Å². The van der Waals surface area contributed by atoms with Crippen LogP contribution >= 0.6 is 0 Å². The maximum atomic E-state index is 4.41. The Bertz CT molecular complexity index is 401. The molecular formula is C16H25N3. The van der Waals surface area contributed by atoms with E-state index in [1.54, 1.807) is 0 Å². The smallest absolute Gasteiger partial charge is 0.0372 e. The molecule has 1 aliphatic heterocycles. The largest absolute Gasteiger partial charge is 0.309 e. The lowest BCUT2D eigenvalue weighted by molar-refractivity contribution is 0.0944. The van der Waals surface area contributed by atoms with Gasteiger partial charge in [-0.2, -0.15) is 0 Å². The van der Waals surface area contributed by atoms with Gasteiger partial charge < -0.3 is 5.32 Å². The van der Waals surface area contributed by atoms with Crippen LogP contribution in [0, 0.1) is 6.92 Å². The van der Waals surface area contributed by atoms with Crippen molar-refractivity contribution in [1.82, 2.24) is 15.2 Å². The lowest BCUT2D eigenvalue weighted by Gasteiger charge is -2.46. The van der Waals surface area contributed by atoms with Crippen molar-refractivity contribution in [2.75, 3.05) is 19.6 Å². The predicted molar refractivity (Wildman–Crippen MR) is 78.1 cm³/mol. The molecule has 1 spiro atoms. The Morgan fingerprint density at radius 2 is 2.11 bits per heavy atom. The molecule has 104 valence electrons. The van der Waals surface area contributed by atoms with Crippen LogP contribution < -0.4 is 5.32 Å². The number of aromatic nitrogens is 1. The molecule has 2 aliphatic rings. The number of rotatable bonds is 2. The van der Waals surface area contributed by atoms with Crippen LogP contribution in [0.5, 0.6) is 0 Å². The van der Waals surface area contributed by atoms with Crippen molar-refractivity contribution >= 4 is 0 Å². The SMILES string of the molecule is Cc1ccc(CN2CCNC3(CCCCC3)C2)cn1. The van der Waals surface area contributed by atoms with Gasteiger partial charge in [-0.25, -0.2) is 0 Å². The summed E-state index contributed by atoms with van der Waals surface area (Å²) in [5, 5.41) is 3.80. The first-order valence-corrected chi connectivity index (χ1v) is 7.65. The summed E-state index contributed by atoms with van der Waals surface area (Å²) in [4.78, 5) is 7.01. The lowest BCUT2D eigenvalue weighted by Crippen LogP contribution is -2.60. The number of nitrogens with one attached hydrogen (secondary N) is 1. The Kier molecular flexibility index (Phi) is 3.85. The molecule has 0 bridgehead atoms. The van der Waals surface area contributed by atoms with Gasteiger partial charge in [0, 0.05) is 43.6 Å². The molecule has 0 unspecified atom stereocenters. The van der Waals surface area contributed by atoms with Crippen molar-refractivity contribution in [2.24, 2.45) is 0 Å². The summed E-state index contributed by atoms with van der Waals surface area (Å²) in [5.74, 6) is 0. The molecule has 0 radical (unpaired) electrons. The highest BCUT2D eigenvalue weighted by molar-refractivity contribution is 5.13. The number of piperazine rings is 1. The number of nitrogens with zero attached hydrogens (tertiary/aromatic N) is 2. The molecule has 1 saturated carbocycles. The van der Waals surface area contributed by atoms with Crippen molar-refractivity contribution in [2.45, 2.75) is 51.1 Å². The molecule has 1 aliphatic carbocycles. The number of pyridine rings is 1. The molecule has 0 atom stereocenters. The molecule has 2 heterocycles. The topological polar surface area (TPSA) is 28.2 Å². The quantitative estimate of drug-likeness (QED) is 0.884. The third-order valence-corrected chi connectivity index (χ3v) is 4.64. The van der Waals surface area contributed by atoms with E-state index in [4.69, 9.17) is 0 Å². The second-order valence-electron chi connectivity index (χ2n) is 6.29. The summed E-state index contributed by atoms with van der Waals surface area (Å²) in [5.41, 5.74) is 2.86. The summed E-state index contributed by atoms with van der Waals surface area (Å²) in [6, 6.07) is 4.34. The van der Waals surface area contributed by atoms with Gasteiger partial charge in [0.2, 0.25) is 0 Å². The predicted octanol–water partition coefficient (Wildman–Crippen LogP) is 2.50. The number of aryl methyl sites for hydroxylation is 1. The minimum atomic E-state index is 0.411. The average molecular weight is 259 g/mol. The zero-order chi connectivity index (χ0) is 13.1. The van der Waals surface area contributed by atoms with E-state index in [0.717, 1.165) is 25.3 Å². The standard InChI is InChI=1S/C16H25N3/c1-14-5-6-15(11-17-14)12-19-10-9-18-16(13-19)7-3-2-4-8-16/h5-6,11,18H,2-4,7-10,12-13H2,1H3. The molecule has 0 amide bonds. The van der Waals surface area contributed by atoms with E-state index in [2.05, 4.69) is 27.3 Å². The van der Waals surface area contributed by atoms with Crippen molar-refractivity contribution in [1.29, 1.82) is 0 Å². The minimum Gasteiger partial charge on any atom is -0.309 e. The van der Waals surface area contributed by atoms with Crippen LogP contribution in [-0.2, 0) is 6.54 Å². The molecule has 19 heavy (non-hydrogen) atoms. The Morgan fingerprint density at radius 3 is 2.84 bits per heavy atom. The van der Waals surface area contributed by atoms with E-state index in [1.165, 1.54) is 44.2 Å². The van der Waals surface area contributed by atoms with E-state index in [-0.39, 0.29) is 0 Å². The van der Waals surface area contributed by atoms with Gasteiger partial charge >= 0.3 is 0 Å². The molecule has 2 fully saturated rings. The van der Waals surface area contributed by atoms with Gasteiger partial charge in [-0.15, -0.1) is 0 Å². The fourth-order valence-corrected chi connectivity index (χ4v) is 3.59. The van der Waals surface area contributed by atoms with Gasteiger partial charge in [0.25, 0.3) is 0 Å². The third kappa shape index (κ3) is 3.15. The van der Waals surface area contributed by atoms with Crippen LogP contribution in [0.1, 0.15) is 43.4 Å². The van der Waals surface area contributed by atoms with Crippen LogP contribution in [0.25, 0.3) is 0 Å². The molecule has 3 heteroatoms. The van der Waals surface area contributed by atoms with E-state index in [9.17, 15) is 0 Å². The highest BCUT2D eigenvalue weighted by atomic mass is 15.2. The molecule has 3 nitrogen and oxygen atoms in total. The maximum absolute atomic E-state index is 4.41. The number of hydrogen-bond acceptors (Lipinski definition) is 3. The van der Waals surface area contributed by atoms with Crippen molar-refractivity contribution in [3.05, 3.63) is 29.6 Å². The first kappa shape index (κ1) is 13.1. The Morgan fingerprint density at radius 1 is 1.26 bits per heavy atom. The van der Waals surface area contributed by atoms with Crippen LogP contribution in [-0.4, -0.2) is 35.1 Å². The molecule has 0 aromatic carbocycles. The van der Waals surface area contributed by atoms with E-state index < -0.39 is 0 Å². The zero-order valence-corrected chi connectivity index (χ0v) is 12.0. The average Bonchev–Trinajstić information content (AvgIpc) is 2.42. The van der Waals surface area contributed by atoms with E-state index in [1.807, 2.05) is 13.1 Å². The highest BCUT2D eigenvalue weighted by Gasteiger charge is 2.35. The molecule has 3 rings (SSSR count). The van der Waals surface area contributed by atoms with Crippen LogP contribution in [0.2, 0.25) is 0 Å². The Hall–Kier alpha value is -0.930. The normalized spacial score (nSPS) is 23.6. The second kappa shape index (κ2) is 5.59. The molecular weight excluding hydrogens is 234 g/mol. The van der Waals surface area contributed by atoms with E-state index in [0.29, 0.717) is 5.54 Å². The lowest BCUT2D eigenvalue weighted by atomic mass is 9.80. The van der Waals surface area contributed by atoms with Gasteiger partial charge in [-0.1, -0.05) is 25.3 Å². The third-order valence-electron chi connectivity index (χ3n) is 4.64. The fraction of sp³-hybridized carbons (Fsp3) is 0.688. The summed E-state index contributed by atoms with van der Waals surface area (Å²) in [6.07, 6.45) is 8.96. The Labute approximate surface area is 116 Å². The van der Waals surface area contributed by atoms with E-state index >= 15 is 0 Å². The molecule has 1 N–H and O–H groups in total. The van der Waals surface area contributed by atoms with Gasteiger partial charge in [0.05, 0.1) is 0 Å². The van der Waals surface area contributed by atoms with Gasteiger partial charge in [0.1, 0.15) is 0 Å². The Balaban J connectivity index is 1.63. The van der Waals surface area contributed by atoms with Gasteiger partial charge in [0.15, 0.2) is 0 Å². The fourth-order valence-electron chi connectivity index (χ4n) is 3.59. The molecule has 1 saturated heterocycles. The first-order chi connectivity index (χ1) is 9.26. The van der Waals surface area contributed by atoms with Crippen molar-refractivity contribution < 1.29 is 0 Å². The number of hydrogen-bond donors (Lipinski definition) is 1. The molecule has 1 aromatic rings. The minimum absolute atomic E-state index is 0.411. The van der Waals surface area contributed by atoms with Crippen LogP contribution in [0.4, 0.5) is 0 Å². The highest BCUT2D eigenvalue weighted by Crippen LogP contribution is 2.30. The van der Waals surface area contributed by atoms with Crippen LogP contribution in [0.15, 0.2) is 18.3 Å². The summed E-state index contributed by atoms with van der Waals surface area (Å²) in [7, 11) is 0. The second-order valence-corrected chi connectivity index (χ2v) is 6.29.